The summed E-state index contributed by atoms with van der Waals surface area (Å²) in [5.74, 6) is 0.671. The molecule has 3 aromatic heterocycles. The lowest BCUT2D eigenvalue weighted by atomic mass is 10.1. The molecule has 0 bridgehead atoms. The molecule has 0 fully saturated rings. The van der Waals surface area contributed by atoms with Gasteiger partial charge >= 0.3 is 5.69 Å². The van der Waals surface area contributed by atoms with E-state index in [0.29, 0.717) is 30.1 Å². The highest BCUT2D eigenvalue weighted by Crippen LogP contribution is 2.30. The Morgan fingerprint density at radius 2 is 1.79 bits per heavy atom. The van der Waals surface area contributed by atoms with Crippen LogP contribution in [0.2, 0.25) is 0 Å². The first-order valence-electron chi connectivity index (χ1n) is 9.75. The summed E-state index contributed by atoms with van der Waals surface area (Å²) in [6.45, 7) is 3.39. The van der Waals surface area contributed by atoms with Crippen LogP contribution in [0.4, 0.5) is 0 Å². The summed E-state index contributed by atoms with van der Waals surface area (Å²) in [5.41, 5.74) is 3.25. The average Bonchev–Trinajstić information content (AvgIpc) is 3.26. The van der Waals surface area contributed by atoms with Crippen LogP contribution in [0.1, 0.15) is 19.0 Å². The Morgan fingerprint density at radius 3 is 2.45 bits per heavy atom. The zero-order valence-electron chi connectivity index (χ0n) is 17.2. The zero-order valence-corrected chi connectivity index (χ0v) is 17.2. The largest absolute Gasteiger partial charge is 0.385 e. The van der Waals surface area contributed by atoms with Gasteiger partial charge in [-0.1, -0.05) is 37.3 Å². The lowest BCUT2D eigenvalue weighted by Crippen LogP contribution is -2.37. The van der Waals surface area contributed by atoms with Crippen molar-refractivity contribution in [1.82, 2.24) is 23.1 Å². The molecule has 4 rings (SSSR count). The van der Waals surface area contributed by atoms with Crippen molar-refractivity contribution in [3.63, 3.8) is 0 Å². The first kappa shape index (κ1) is 19.2. The molecule has 0 aliphatic carbocycles. The minimum atomic E-state index is -0.379. The van der Waals surface area contributed by atoms with Crippen LogP contribution >= 0.6 is 0 Å². The van der Waals surface area contributed by atoms with Crippen LogP contribution in [-0.4, -0.2) is 36.8 Å². The molecule has 8 heteroatoms. The minimum absolute atomic E-state index is 0.334. The van der Waals surface area contributed by atoms with Crippen molar-refractivity contribution in [1.29, 1.82) is 0 Å². The van der Waals surface area contributed by atoms with Gasteiger partial charge in [-0.05, 0) is 12.8 Å². The number of fused-ring (bicyclic) bond motifs is 3. The van der Waals surface area contributed by atoms with Gasteiger partial charge in [0.2, 0.25) is 5.78 Å². The normalized spacial score (nSPS) is 11.7. The van der Waals surface area contributed by atoms with Crippen LogP contribution in [-0.2, 0) is 31.8 Å². The van der Waals surface area contributed by atoms with Gasteiger partial charge in [0.05, 0.1) is 11.4 Å². The maximum absolute atomic E-state index is 13.0. The van der Waals surface area contributed by atoms with Crippen molar-refractivity contribution < 1.29 is 4.74 Å². The Kier molecular flexibility index (Phi) is 4.87. The first-order chi connectivity index (χ1) is 14.0. The molecule has 0 N–H and O–H groups in total. The van der Waals surface area contributed by atoms with Crippen molar-refractivity contribution >= 4 is 16.9 Å². The van der Waals surface area contributed by atoms with Crippen LogP contribution in [0.3, 0.4) is 0 Å². The molecule has 0 atom stereocenters. The second-order valence-electron chi connectivity index (χ2n) is 7.14. The van der Waals surface area contributed by atoms with E-state index in [1.165, 1.54) is 11.6 Å². The summed E-state index contributed by atoms with van der Waals surface area (Å²) in [7, 11) is 4.84. The molecule has 0 saturated carbocycles. The Morgan fingerprint density at radius 1 is 1.07 bits per heavy atom. The number of imidazole rings is 2. The van der Waals surface area contributed by atoms with E-state index in [-0.39, 0.29) is 11.2 Å². The van der Waals surface area contributed by atoms with Crippen molar-refractivity contribution in [3.05, 3.63) is 56.9 Å². The standard InChI is InChI=1S/C21H25N5O3/c1-5-15-16(14-10-7-6-8-11-14)25(12-9-13-29-4)20-22-18-17(26(15)20)19(27)24(3)21(28)23(18)2/h6-8,10-11H,5,9,12-13H2,1-4H3. The third-order valence-electron chi connectivity index (χ3n) is 5.41. The molecule has 3 heterocycles. The van der Waals surface area contributed by atoms with E-state index < -0.39 is 0 Å². The number of hydrogen-bond acceptors (Lipinski definition) is 4. The summed E-state index contributed by atoms with van der Waals surface area (Å²) >= 11 is 0. The maximum Gasteiger partial charge on any atom is 0.332 e. The van der Waals surface area contributed by atoms with Crippen LogP contribution in [0, 0.1) is 0 Å². The molecule has 0 radical (unpaired) electrons. The summed E-state index contributed by atoms with van der Waals surface area (Å²) in [6, 6.07) is 10.1. The van der Waals surface area contributed by atoms with E-state index in [1.54, 1.807) is 14.2 Å². The Hall–Kier alpha value is -3.13. The highest BCUT2D eigenvalue weighted by molar-refractivity contribution is 5.80. The molecule has 29 heavy (non-hydrogen) atoms. The number of aryl methyl sites for hydroxylation is 3. The molecule has 0 aliphatic rings. The highest BCUT2D eigenvalue weighted by atomic mass is 16.5. The van der Waals surface area contributed by atoms with Crippen molar-refractivity contribution in [2.24, 2.45) is 14.1 Å². The number of methoxy groups -OCH3 is 1. The summed E-state index contributed by atoms with van der Waals surface area (Å²) in [6.07, 6.45) is 1.53. The van der Waals surface area contributed by atoms with Gasteiger partial charge in [-0.3, -0.25) is 18.3 Å². The van der Waals surface area contributed by atoms with Gasteiger partial charge in [-0.25, -0.2) is 4.79 Å². The Balaban J connectivity index is 2.16. The van der Waals surface area contributed by atoms with Crippen molar-refractivity contribution in [2.45, 2.75) is 26.3 Å². The minimum Gasteiger partial charge on any atom is -0.385 e. The quantitative estimate of drug-likeness (QED) is 0.468. The van der Waals surface area contributed by atoms with E-state index in [0.717, 1.165) is 34.4 Å². The third-order valence-corrected chi connectivity index (χ3v) is 5.41. The van der Waals surface area contributed by atoms with E-state index in [2.05, 4.69) is 23.6 Å². The molecular weight excluding hydrogens is 370 g/mol. The van der Waals surface area contributed by atoms with E-state index >= 15 is 0 Å². The predicted octanol–water partition coefficient (Wildman–Crippen LogP) is 1.95. The maximum atomic E-state index is 13.0. The number of hydrogen-bond donors (Lipinski definition) is 0. The zero-order chi connectivity index (χ0) is 20.7. The fourth-order valence-electron chi connectivity index (χ4n) is 4.01. The number of rotatable bonds is 6. The Labute approximate surface area is 167 Å². The van der Waals surface area contributed by atoms with Crippen molar-refractivity contribution in [2.75, 3.05) is 13.7 Å². The molecule has 152 valence electrons. The third kappa shape index (κ3) is 2.82. The number of benzene rings is 1. The van der Waals surface area contributed by atoms with Crippen LogP contribution in [0.15, 0.2) is 39.9 Å². The first-order valence-corrected chi connectivity index (χ1v) is 9.75. The fourth-order valence-corrected chi connectivity index (χ4v) is 4.01. The second kappa shape index (κ2) is 7.36. The topological polar surface area (TPSA) is 75.5 Å². The smallest absolute Gasteiger partial charge is 0.332 e. The molecule has 8 nitrogen and oxygen atoms in total. The molecule has 0 amide bonds. The fraction of sp³-hybridized carbons (Fsp3) is 0.381. The summed E-state index contributed by atoms with van der Waals surface area (Å²) in [4.78, 5) is 30.2. The SMILES string of the molecule is CCc1c(-c2ccccc2)n(CCCOC)c2nc3c(c(=O)n(C)c(=O)n3C)n12. The molecule has 0 saturated heterocycles. The van der Waals surface area contributed by atoms with Gasteiger partial charge in [-0.2, -0.15) is 4.98 Å². The van der Waals surface area contributed by atoms with Gasteiger partial charge in [0, 0.05) is 39.9 Å². The molecule has 0 unspecified atom stereocenters. The lowest BCUT2D eigenvalue weighted by Gasteiger charge is -2.11. The van der Waals surface area contributed by atoms with E-state index in [4.69, 9.17) is 9.72 Å². The van der Waals surface area contributed by atoms with Gasteiger partial charge in [0.1, 0.15) is 0 Å². The average molecular weight is 395 g/mol. The second-order valence-corrected chi connectivity index (χ2v) is 7.14. The number of aromatic nitrogens is 5. The number of nitrogens with zero attached hydrogens (tertiary/aromatic N) is 5. The Bertz CT molecular complexity index is 1310. The summed E-state index contributed by atoms with van der Waals surface area (Å²) in [5, 5.41) is 0. The predicted molar refractivity (Wildman–Crippen MR) is 112 cm³/mol. The molecule has 0 spiro atoms. The molecule has 1 aromatic carbocycles. The van der Waals surface area contributed by atoms with Gasteiger partial charge < -0.3 is 9.30 Å². The van der Waals surface area contributed by atoms with Gasteiger partial charge in [0.15, 0.2) is 11.2 Å². The number of ether oxygens (including phenoxy) is 1. The van der Waals surface area contributed by atoms with Crippen LogP contribution < -0.4 is 11.2 Å². The monoisotopic (exact) mass is 395 g/mol. The molecular formula is C21H25N5O3. The highest BCUT2D eigenvalue weighted by Gasteiger charge is 2.24. The molecule has 4 aromatic rings. The van der Waals surface area contributed by atoms with E-state index in [1.807, 2.05) is 22.6 Å². The van der Waals surface area contributed by atoms with Crippen LogP contribution in [0.25, 0.3) is 28.2 Å². The lowest BCUT2D eigenvalue weighted by molar-refractivity contribution is 0.191. The summed E-state index contributed by atoms with van der Waals surface area (Å²) < 4.78 is 11.9. The van der Waals surface area contributed by atoms with Crippen molar-refractivity contribution in [3.8, 4) is 11.3 Å². The van der Waals surface area contributed by atoms with Gasteiger partial charge in [0.25, 0.3) is 5.56 Å². The van der Waals surface area contributed by atoms with Gasteiger partial charge in [-0.15, -0.1) is 0 Å². The van der Waals surface area contributed by atoms with E-state index in [9.17, 15) is 9.59 Å². The van der Waals surface area contributed by atoms with Crippen LogP contribution in [0.5, 0.6) is 0 Å². The molecule has 0 aliphatic heterocycles.